The molecule has 3 rings (SSSR count). The van der Waals surface area contributed by atoms with Crippen molar-refractivity contribution in [2.75, 3.05) is 24.3 Å². The Hall–Kier alpha value is -3.28. The van der Waals surface area contributed by atoms with E-state index in [4.69, 9.17) is 0 Å². The van der Waals surface area contributed by atoms with Crippen LogP contribution in [0.4, 0.5) is 23.0 Å². The number of hydrogen-bond donors (Lipinski definition) is 3. The lowest BCUT2D eigenvalue weighted by atomic mass is 10.2. The van der Waals surface area contributed by atoms with Crippen LogP contribution < -0.4 is 10.2 Å². The largest absolute Gasteiger partial charge is 0.508 e. The van der Waals surface area contributed by atoms with Crippen LogP contribution >= 0.6 is 0 Å². The second-order valence-electron chi connectivity index (χ2n) is 5.56. The van der Waals surface area contributed by atoms with Crippen molar-refractivity contribution in [3.05, 3.63) is 60.2 Å². The summed E-state index contributed by atoms with van der Waals surface area (Å²) in [7, 11) is 4.02. The van der Waals surface area contributed by atoms with Crippen LogP contribution in [-0.4, -0.2) is 35.6 Å². The van der Waals surface area contributed by atoms with Gasteiger partial charge in [0.2, 0.25) is 0 Å². The Morgan fingerprint density at radius 2 is 1.79 bits per heavy atom. The van der Waals surface area contributed by atoms with Gasteiger partial charge in [-0.25, -0.2) is 4.99 Å². The maximum Gasteiger partial charge on any atom is 0.175 e. The molecule has 1 aromatic heterocycles. The highest BCUT2D eigenvalue weighted by Gasteiger charge is 2.01. The summed E-state index contributed by atoms with van der Waals surface area (Å²) >= 11 is 0. The van der Waals surface area contributed by atoms with Crippen molar-refractivity contribution in [1.29, 1.82) is 0 Å². The van der Waals surface area contributed by atoms with E-state index in [1.54, 1.807) is 30.5 Å². The predicted molar refractivity (Wildman–Crippen MR) is 98.0 cm³/mol. The molecule has 0 bridgehead atoms. The Morgan fingerprint density at radius 3 is 2.46 bits per heavy atom. The van der Waals surface area contributed by atoms with E-state index in [-0.39, 0.29) is 5.75 Å². The Bertz CT molecular complexity index is 819. The maximum atomic E-state index is 9.26. The number of aromatic hydroxyl groups is 1. The van der Waals surface area contributed by atoms with Gasteiger partial charge in [0.1, 0.15) is 11.6 Å². The smallest absolute Gasteiger partial charge is 0.175 e. The fourth-order valence-corrected chi connectivity index (χ4v) is 2.14. The first-order valence-corrected chi connectivity index (χ1v) is 7.53. The fraction of sp³-hybridized carbons (Fsp3) is 0.111. The summed E-state index contributed by atoms with van der Waals surface area (Å²) in [6.45, 7) is 0. The van der Waals surface area contributed by atoms with E-state index in [0.29, 0.717) is 5.82 Å². The summed E-state index contributed by atoms with van der Waals surface area (Å²) < 4.78 is 0. The van der Waals surface area contributed by atoms with Crippen LogP contribution in [0.25, 0.3) is 0 Å². The van der Waals surface area contributed by atoms with Crippen LogP contribution in [0.2, 0.25) is 0 Å². The molecule has 0 amide bonds. The van der Waals surface area contributed by atoms with Crippen LogP contribution in [-0.2, 0) is 0 Å². The molecular weight excluding hydrogens is 302 g/mol. The normalized spacial score (nSPS) is 10.9. The number of rotatable bonds is 5. The van der Waals surface area contributed by atoms with Gasteiger partial charge < -0.3 is 15.3 Å². The summed E-state index contributed by atoms with van der Waals surface area (Å²) in [4.78, 5) is 6.36. The number of phenolic OH excluding ortho intramolecular Hbond substituents is 1. The van der Waals surface area contributed by atoms with Crippen molar-refractivity contribution in [3.63, 3.8) is 0 Å². The standard InChI is InChI=1S/C18H19N5O/c1-23(2)15-7-5-14(6-8-15)20-18-11-17(21-22-18)19-12-13-3-9-16(24)10-4-13/h3-12,24H,1-2H3,(H2,20,21,22). The van der Waals surface area contributed by atoms with Gasteiger partial charge >= 0.3 is 0 Å². The molecule has 3 N–H and O–H groups in total. The number of H-pyrrole nitrogens is 1. The summed E-state index contributed by atoms with van der Waals surface area (Å²) in [5, 5.41) is 19.6. The average molecular weight is 321 g/mol. The van der Waals surface area contributed by atoms with E-state index in [0.717, 1.165) is 22.8 Å². The predicted octanol–water partition coefficient (Wildman–Crippen LogP) is 3.68. The monoisotopic (exact) mass is 321 g/mol. The van der Waals surface area contributed by atoms with E-state index in [2.05, 4.69) is 25.4 Å². The Morgan fingerprint density at radius 1 is 1.08 bits per heavy atom. The average Bonchev–Trinajstić information content (AvgIpc) is 3.02. The summed E-state index contributed by atoms with van der Waals surface area (Å²) in [6, 6.07) is 16.8. The number of benzene rings is 2. The van der Waals surface area contributed by atoms with Crippen LogP contribution in [0, 0.1) is 0 Å². The Kier molecular flexibility index (Phi) is 4.47. The molecule has 1 heterocycles. The zero-order valence-corrected chi connectivity index (χ0v) is 13.6. The lowest BCUT2D eigenvalue weighted by Crippen LogP contribution is -2.08. The molecule has 0 aliphatic rings. The molecule has 122 valence electrons. The quantitative estimate of drug-likeness (QED) is 0.627. The molecule has 0 unspecified atom stereocenters. The third kappa shape index (κ3) is 3.92. The summed E-state index contributed by atoms with van der Waals surface area (Å²) in [5.74, 6) is 1.58. The number of nitrogens with zero attached hydrogens (tertiary/aromatic N) is 3. The minimum absolute atomic E-state index is 0.235. The first kappa shape index (κ1) is 15.6. The topological polar surface area (TPSA) is 76.5 Å². The molecule has 0 aliphatic heterocycles. The second-order valence-corrected chi connectivity index (χ2v) is 5.56. The Balaban J connectivity index is 1.65. The van der Waals surface area contributed by atoms with Gasteiger partial charge in [-0.2, -0.15) is 5.10 Å². The molecule has 0 saturated carbocycles. The number of aromatic amines is 1. The minimum atomic E-state index is 0.235. The molecule has 3 aromatic rings. The molecule has 0 fully saturated rings. The van der Waals surface area contributed by atoms with Gasteiger partial charge in [-0.3, -0.25) is 5.10 Å². The number of phenols is 1. The highest BCUT2D eigenvalue weighted by atomic mass is 16.3. The van der Waals surface area contributed by atoms with Crippen molar-refractivity contribution in [3.8, 4) is 5.75 Å². The van der Waals surface area contributed by atoms with Gasteiger partial charge in [0, 0.05) is 37.8 Å². The van der Waals surface area contributed by atoms with E-state index < -0.39 is 0 Å². The molecule has 0 saturated heterocycles. The highest BCUT2D eigenvalue weighted by Crippen LogP contribution is 2.21. The summed E-state index contributed by atoms with van der Waals surface area (Å²) in [5.41, 5.74) is 3.01. The first-order valence-electron chi connectivity index (χ1n) is 7.53. The van der Waals surface area contributed by atoms with Gasteiger partial charge in [-0.05, 0) is 54.1 Å². The molecule has 24 heavy (non-hydrogen) atoms. The van der Waals surface area contributed by atoms with Crippen LogP contribution in [0.15, 0.2) is 59.6 Å². The van der Waals surface area contributed by atoms with E-state index in [1.165, 1.54) is 0 Å². The second kappa shape index (κ2) is 6.87. The van der Waals surface area contributed by atoms with Gasteiger partial charge in [0.15, 0.2) is 5.82 Å². The molecule has 6 heteroatoms. The van der Waals surface area contributed by atoms with E-state index in [1.807, 2.05) is 44.4 Å². The van der Waals surface area contributed by atoms with E-state index >= 15 is 0 Å². The van der Waals surface area contributed by atoms with Crippen molar-refractivity contribution < 1.29 is 5.11 Å². The number of aliphatic imine (C=N–C) groups is 1. The number of anilines is 3. The maximum absolute atomic E-state index is 9.26. The minimum Gasteiger partial charge on any atom is -0.508 e. The van der Waals surface area contributed by atoms with Crippen molar-refractivity contribution >= 4 is 29.2 Å². The van der Waals surface area contributed by atoms with Crippen molar-refractivity contribution in [1.82, 2.24) is 10.2 Å². The molecule has 0 atom stereocenters. The van der Waals surface area contributed by atoms with Crippen LogP contribution in [0.3, 0.4) is 0 Å². The lowest BCUT2D eigenvalue weighted by molar-refractivity contribution is 0.475. The van der Waals surface area contributed by atoms with Crippen LogP contribution in [0.1, 0.15) is 5.56 Å². The lowest BCUT2D eigenvalue weighted by Gasteiger charge is -2.12. The zero-order chi connectivity index (χ0) is 16.9. The number of nitrogens with one attached hydrogen (secondary N) is 2. The molecule has 0 radical (unpaired) electrons. The fourth-order valence-electron chi connectivity index (χ4n) is 2.14. The zero-order valence-electron chi connectivity index (χ0n) is 13.6. The number of aromatic nitrogens is 2. The third-order valence-electron chi connectivity index (χ3n) is 3.47. The third-order valence-corrected chi connectivity index (χ3v) is 3.47. The molecule has 2 aromatic carbocycles. The molecule has 6 nitrogen and oxygen atoms in total. The molecule has 0 aliphatic carbocycles. The Labute approximate surface area is 140 Å². The van der Waals surface area contributed by atoms with Gasteiger partial charge in [0.05, 0.1) is 0 Å². The van der Waals surface area contributed by atoms with Gasteiger partial charge in [-0.1, -0.05) is 0 Å². The highest BCUT2D eigenvalue weighted by molar-refractivity contribution is 5.81. The van der Waals surface area contributed by atoms with Gasteiger partial charge in [0.25, 0.3) is 0 Å². The molecule has 0 spiro atoms. The van der Waals surface area contributed by atoms with Crippen LogP contribution in [0.5, 0.6) is 5.75 Å². The van der Waals surface area contributed by atoms with Crippen molar-refractivity contribution in [2.24, 2.45) is 4.99 Å². The van der Waals surface area contributed by atoms with Crippen molar-refractivity contribution in [2.45, 2.75) is 0 Å². The SMILES string of the molecule is CN(C)c1ccc(Nc2cc(N=Cc3ccc(O)cc3)n[nH]2)cc1. The van der Waals surface area contributed by atoms with E-state index in [9.17, 15) is 5.11 Å². The first-order chi connectivity index (χ1) is 11.6. The van der Waals surface area contributed by atoms with Gasteiger partial charge in [-0.15, -0.1) is 0 Å². The molecular formula is C18H19N5O. The summed E-state index contributed by atoms with van der Waals surface area (Å²) in [6.07, 6.45) is 1.70. The number of hydrogen-bond acceptors (Lipinski definition) is 5.